The van der Waals surface area contributed by atoms with Gasteiger partial charge in [0.2, 0.25) is 28.7 Å². The van der Waals surface area contributed by atoms with E-state index < -0.39 is 40.9 Å². The summed E-state index contributed by atoms with van der Waals surface area (Å²) >= 11 is 0.838. The third kappa shape index (κ3) is 12.1. The Bertz CT molecular complexity index is 1080. The van der Waals surface area contributed by atoms with Crippen LogP contribution in [0.3, 0.4) is 0 Å². The zero-order chi connectivity index (χ0) is 30.3. The van der Waals surface area contributed by atoms with Crippen molar-refractivity contribution in [2.45, 2.75) is 109 Å². The highest BCUT2D eigenvalue weighted by atomic mass is 32.2. The molecule has 3 rings (SSSR count). The molecule has 1 saturated carbocycles. The summed E-state index contributed by atoms with van der Waals surface area (Å²) in [6, 6.07) is 3.09. The molecule has 0 aromatic heterocycles. The second kappa shape index (κ2) is 17.9. The van der Waals surface area contributed by atoms with Crippen LogP contribution < -0.4 is 21.3 Å². The Morgan fingerprint density at radius 1 is 0.929 bits per heavy atom. The Labute approximate surface area is 252 Å². The molecule has 1 aliphatic heterocycles. The van der Waals surface area contributed by atoms with Crippen molar-refractivity contribution >= 4 is 40.5 Å². The van der Waals surface area contributed by atoms with E-state index in [9.17, 15) is 28.4 Å². The predicted molar refractivity (Wildman–Crippen MR) is 161 cm³/mol. The summed E-state index contributed by atoms with van der Waals surface area (Å²) in [5.74, 6) is -1.58. The lowest BCUT2D eigenvalue weighted by Crippen LogP contribution is -2.53. The smallest absolute Gasteiger partial charge is 0.243 e. The summed E-state index contributed by atoms with van der Waals surface area (Å²) < 4.78 is 14.0. The van der Waals surface area contributed by atoms with Crippen molar-refractivity contribution in [2.75, 3.05) is 12.3 Å². The Morgan fingerprint density at radius 3 is 2.38 bits per heavy atom. The van der Waals surface area contributed by atoms with Crippen LogP contribution in [0.1, 0.15) is 89.5 Å². The lowest BCUT2D eigenvalue weighted by atomic mass is 9.84. The van der Waals surface area contributed by atoms with E-state index in [1.807, 2.05) is 0 Å². The summed E-state index contributed by atoms with van der Waals surface area (Å²) in [5.41, 5.74) is 0.525. The van der Waals surface area contributed by atoms with E-state index in [-0.39, 0.29) is 24.0 Å². The van der Waals surface area contributed by atoms with Crippen LogP contribution in [0, 0.1) is 11.7 Å². The van der Waals surface area contributed by atoms with Gasteiger partial charge in [0.1, 0.15) is 23.9 Å². The highest BCUT2D eigenvalue weighted by Crippen LogP contribution is 2.27. The molecule has 232 valence electrons. The summed E-state index contributed by atoms with van der Waals surface area (Å²) in [6.07, 6.45) is 10.3. The van der Waals surface area contributed by atoms with Gasteiger partial charge in [0, 0.05) is 32.1 Å². The lowest BCUT2D eigenvalue weighted by Gasteiger charge is -2.28. The minimum absolute atomic E-state index is 0.0258. The maximum absolute atomic E-state index is 14.0. The topological polar surface area (TPSA) is 133 Å². The van der Waals surface area contributed by atoms with Crippen molar-refractivity contribution in [3.8, 4) is 0 Å². The number of hydrogen-bond acceptors (Lipinski definition) is 6. The predicted octanol–water partition coefficient (Wildman–Crippen LogP) is 3.54. The molecule has 0 bridgehead atoms. The standard InChI is InChI=1S/C31H45FN4O5S/c1-21(37)34-27-20-42-31(41)26(19-23-13-10-14-24(32)17-23)36-30(40)25(18-22-11-6-5-7-12-22)35-28(38)15-8-3-2-4-9-16-33-29(27)39/h10,13-14,17,22,25-27H,2-9,11-12,15-16,18-20H2,1H3,(H,33,39)(H,34,37)(H,35,38)(H,36,40)/t25-,26-,27-/m0/s1. The van der Waals surface area contributed by atoms with Gasteiger partial charge in [-0.1, -0.05) is 75.3 Å². The molecule has 0 unspecified atom stereocenters. The number of nitrogens with one attached hydrogen (secondary N) is 4. The van der Waals surface area contributed by atoms with E-state index >= 15 is 0 Å². The van der Waals surface area contributed by atoms with Gasteiger partial charge in [-0.2, -0.15) is 0 Å². The second-order valence-corrected chi connectivity index (χ2v) is 12.5. The molecular formula is C31H45FN4O5S. The SMILES string of the molecule is CC(=O)N[C@H]1CSC(=O)[C@H](Cc2cccc(F)c2)NC(=O)[C@H](CC2CCCCC2)NC(=O)CCCCCCCNC1=O. The van der Waals surface area contributed by atoms with Crippen LogP contribution in [-0.4, -0.2) is 59.2 Å². The molecule has 2 aliphatic rings. The third-order valence-corrected chi connectivity index (χ3v) is 8.91. The van der Waals surface area contributed by atoms with E-state index in [2.05, 4.69) is 21.3 Å². The molecule has 9 nitrogen and oxygen atoms in total. The molecule has 4 amide bonds. The van der Waals surface area contributed by atoms with E-state index in [1.54, 1.807) is 6.07 Å². The van der Waals surface area contributed by atoms with E-state index in [1.165, 1.54) is 31.5 Å². The number of benzene rings is 1. The third-order valence-electron chi connectivity index (χ3n) is 7.84. The van der Waals surface area contributed by atoms with Gasteiger partial charge in [-0.15, -0.1) is 0 Å². The first-order valence-electron chi connectivity index (χ1n) is 15.3. The fourth-order valence-corrected chi connectivity index (χ4v) is 6.50. The minimum atomic E-state index is -1.03. The minimum Gasteiger partial charge on any atom is -0.354 e. The molecule has 2 fully saturated rings. The van der Waals surface area contributed by atoms with Crippen molar-refractivity contribution in [1.29, 1.82) is 0 Å². The van der Waals surface area contributed by atoms with Gasteiger partial charge in [0.05, 0.1) is 0 Å². The fourth-order valence-electron chi connectivity index (χ4n) is 5.59. The fraction of sp³-hybridized carbons (Fsp3) is 0.645. The maximum Gasteiger partial charge on any atom is 0.243 e. The Morgan fingerprint density at radius 2 is 1.64 bits per heavy atom. The number of thioether (sulfide) groups is 1. The zero-order valence-corrected chi connectivity index (χ0v) is 25.4. The van der Waals surface area contributed by atoms with Crippen LogP contribution in [0.4, 0.5) is 4.39 Å². The molecule has 1 aromatic carbocycles. The van der Waals surface area contributed by atoms with Crippen molar-refractivity contribution in [3.63, 3.8) is 0 Å². The number of amides is 4. The molecular weight excluding hydrogens is 559 g/mol. The van der Waals surface area contributed by atoms with E-state index in [0.29, 0.717) is 37.3 Å². The Hall–Kier alpha value is -2.95. The van der Waals surface area contributed by atoms with E-state index in [0.717, 1.165) is 63.1 Å². The van der Waals surface area contributed by atoms with Gasteiger partial charge in [-0.05, 0) is 42.9 Å². The van der Waals surface area contributed by atoms with Crippen LogP contribution in [0.15, 0.2) is 24.3 Å². The molecule has 1 aliphatic carbocycles. The number of carbonyl (C=O) groups is 5. The molecule has 1 saturated heterocycles. The molecule has 1 aromatic rings. The highest BCUT2D eigenvalue weighted by Gasteiger charge is 2.31. The monoisotopic (exact) mass is 604 g/mol. The molecule has 4 N–H and O–H groups in total. The van der Waals surface area contributed by atoms with Gasteiger partial charge >= 0.3 is 0 Å². The molecule has 0 spiro atoms. The summed E-state index contributed by atoms with van der Waals surface area (Å²) in [4.78, 5) is 64.7. The second-order valence-electron chi connectivity index (χ2n) is 11.4. The summed E-state index contributed by atoms with van der Waals surface area (Å²) in [7, 11) is 0. The normalized spacial score (nSPS) is 24.8. The van der Waals surface area contributed by atoms with Crippen LogP contribution in [0.2, 0.25) is 0 Å². The van der Waals surface area contributed by atoms with Gasteiger partial charge in [-0.25, -0.2) is 4.39 Å². The van der Waals surface area contributed by atoms with Crippen molar-refractivity contribution in [1.82, 2.24) is 21.3 Å². The quantitative estimate of drug-likeness (QED) is 0.406. The van der Waals surface area contributed by atoms with E-state index in [4.69, 9.17) is 0 Å². The van der Waals surface area contributed by atoms with Gasteiger partial charge < -0.3 is 21.3 Å². The van der Waals surface area contributed by atoms with Crippen molar-refractivity contribution in [3.05, 3.63) is 35.6 Å². The number of carbonyl (C=O) groups excluding carboxylic acids is 5. The molecule has 42 heavy (non-hydrogen) atoms. The van der Waals surface area contributed by atoms with Crippen molar-refractivity contribution in [2.24, 2.45) is 5.92 Å². The first kappa shape index (κ1) is 33.6. The van der Waals surface area contributed by atoms with Gasteiger partial charge in [0.25, 0.3) is 0 Å². The summed E-state index contributed by atoms with van der Waals surface area (Å²) in [5, 5.41) is 10.8. The van der Waals surface area contributed by atoms with Gasteiger partial charge in [-0.3, -0.25) is 24.0 Å². The summed E-state index contributed by atoms with van der Waals surface area (Å²) in [6.45, 7) is 1.75. The van der Waals surface area contributed by atoms with Crippen molar-refractivity contribution < 1.29 is 28.4 Å². The van der Waals surface area contributed by atoms with Crippen LogP contribution in [0.25, 0.3) is 0 Å². The molecule has 0 radical (unpaired) electrons. The number of halogens is 1. The average molecular weight is 605 g/mol. The Kier molecular flexibility index (Phi) is 14.3. The highest BCUT2D eigenvalue weighted by molar-refractivity contribution is 8.13. The lowest BCUT2D eigenvalue weighted by molar-refractivity contribution is -0.131. The largest absolute Gasteiger partial charge is 0.354 e. The first-order valence-corrected chi connectivity index (χ1v) is 16.3. The van der Waals surface area contributed by atoms with Crippen LogP contribution in [-0.2, 0) is 30.4 Å². The van der Waals surface area contributed by atoms with Gasteiger partial charge in [0.15, 0.2) is 0 Å². The first-order chi connectivity index (χ1) is 20.2. The Balaban J connectivity index is 1.83. The average Bonchev–Trinajstić information content (AvgIpc) is 2.95. The van der Waals surface area contributed by atoms with Crippen LogP contribution in [0.5, 0.6) is 0 Å². The molecule has 11 heteroatoms. The number of hydrogen-bond donors (Lipinski definition) is 4. The molecule has 3 atom stereocenters. The van der Waals surface area contributed by atoms with Crippen LogP contribution >= 0.6 is 11.8 Å². The molecule has 1 heterocycles. The number of rotatable bonds is 5. The maximum atomic E-state index is 14.0. The zero-order valence-electron chi connectivity index (χ0n) is 24.6.